The summed E-state index contributed by atoms with van der Waals surface area (Å²) in [5.41, 5.74) is 5.58. The van der Waals surface area contributed by atoms with E-state index in [9.17, 15) is 4.79 Å². The van der Waals surface area contributed by atoms with Crippen LogP contribution in [0.25, 0.3) is 0 Å². The van der Waals surface area contributed by atoms with Crippen molar-refractivity contribution >= 4 is 18.3 Å². The van der Waals surface area contributed by atoms with Gasteiger partial charge in [0.1, 0.15) is 0 Å². The molecule has 4 heteroatoms. The summed E-state index contributed by atoms with van der Waals surface area (Å²) in [6.07, 6.45) is 5.25. The number of carbonyl (C=O) groups is 1. The van der Waals surface area contributed by atoms with Crippen LogP contribution in [-0.2, 0) is 4.79 Å². The molecule has 1 atom stereocenters. The molecule has 1 rings (SSSR count). The van der Waals surface area contributed by atoms with Gasteiger partial charge in [-0.2, -0.15) is 0 Å². The average Bonchev–Trinajstić information content (AvgIpc) is 2.67. The first-order chi connectivity index (χ1) is 9.00. The second-order valence-electron chi connectivity index (χ2n) is 6.42. The highest BCUT2D eigenvalue weighted by molar-refractivity contribution is 5.85. The van der Waals surface area contributed by atoms with Crippen LogP contribution in [0.1, 0.15) is 59.8 Å². The van der Waals surface area contributed by atoms with E-state index in [-0.39, 0.29) is 17.8 Å². The minimum atomic E-state index is -0.322. The zero-order valence-electron chi connectivity index (χ0n) is 13.7. The highest BCUT2D eigenvalue weighted by Gasteiger charge is 2.37. The second kappa shape index (κ2) is 8.89. The number of nitrogens with two attached hydrogens (primary N) is 1. The lowest BCUT2D eigenvalue weighted by molar-refractivity contribution is -0.142. The molecule has 0 aromatic carbocycles. The molecular weight excluding hydrogens is 272 g/mol. The Balaban J connectivity index is 0.00000361. The van der Waals surface area contributed by atoms with Crippen LogP contribution in [-0.4, -0.2) is 30.4 Å². The van der Waals surface area contributed by atoms with Crippen molar-refractivity contribution in [3.63, 3.8) is 0 Å². The third-order valence-electron chi connectivity index (χ3n) is 5.20. The first-order valence-electron chi connectivity index (χ1n) is 8.00. The molecule has 0 spiro atoms. The standard InChI is InChI=1S/C16H32N2O.ClH/c1-5-16(6-2,12-17)15(19)18-10-7-8-14(9-11-18)13(3)4;/h13-14H,5-12,17H2,1-4H3;1H. The fourth-order valence-corrected chi connectivity index (χ4v) is 3.26. The number of halogens is 1. The summed E-state index contributed by atoms with van der Waals surface area (Å²) in [7, 11) is 0. The maximum Gasteiger partial charge on any atom is 0.230 e. The maximum atomic E-state index is 12.8. The summed E-state index contributed by atoms with van der Waals surface area (Å²) in [6.45, 7) is 11.1. The summed E-state index contributed by atoms with van der Waals surface area (Å²) in [4.78, 5) is 14.9. The molecular formula is C16H33ClN2O. The van der Waals surface area contributed by atoms with Crippen LogP contribution in [0, 0.1) is 17.3 Å². The van der Waals surface area contributed by atoms with E-state index in [1.165, 1.54) is 6.42 Å². The zero-order chi connectivity index (χ0) is 14.5. The predicted molar refractivity (Wildman–Crippen MR) is 88.1 cm³/mol. The van der Waals surface area contributed by atoms with Crippen molar-refractivity contribution < 1.29 is 4.79 Å². The number of rotatable bonds is 5. The molecule has 0 aromatic rings. The van der Waals surface area contributed by atoms with Gasteiger partial charge in [0.25, 0.3) is 0 Å². The fraction of sp³-hybridized carbons (Fsp3) is 0.938. The second-order valence-corrected chi connectivity index (χ2v) is 6.42. The van der Waals surface area contributed by atoms with E-state index in [1.54, 1.807) is 0 Å². The van der Waals surface area contributed by atoms with Crippen LogP contribution in [0.3, 0.4) is 0 Å². The molecule has 1 fully saturated rings. The largest absolute Gasteiger partial charge is 0.342 e. The lowest BCUT2D eigenvalue weighted by Crippen LogP contribution is -2.48. The Labute approximate surface area is 131 Å². The van der Waals surface area contributed by atoms with Crippen molar-refractivity contribution in [1.29, 1.82) is 0 Å². The molecule has 20 heavy (non-hydrogen) atoms. The maximum absolute atomic E-state index is 12.8. The Morgan fingerprint density at radius 3 is 2.30 bits per heavy atom. The van der Waals surface area contributed by atoms with E-state index in [2.05, 4.69) is 32.6 Å². The molecule has 1 aliphatic heterocycles. The number of hydrogen-bond acceptors (Lipinski definition) is 2. The van der Waals surface area contributed by atoms with Crippen molar-refractivity contribution in [2.75, 3.05) is 19.6 Å². The molecule has 0 bridgehead atoms. The monoisotopic (exact) mass is 304 g/mol. The highest BCUT2D eigenvalue weighted by Crippen LogP contribution is 2.31. The van der Waals surface area contributed by atoms with Crippen LogP contribution in [0.5, 0.6) is 0 Å². The Bertz CT molecular complexity index is 282. The molecule has 1 saturated heterocycles. The molecule has 1 aliphatic rings. The van der Waals surface area contributed by atoms with Crippen LogP contribution in [0.4, 0.5) is 0 Å². The summed E-state index contributed by atoms with van der Waals surface area (Å²) in [5, 5.41) is 0. The van der Waals surface area contributed by atoms with Crippen molar-refractivity contribution in [3.05, 3.63) is 0 Å². The van der Waals surface area contributed by atoms with Gasteiger partial charge in [-0.15, -0.1) is 12.4 Å². The van der Waals surface area contributed by atoms with Gasteiger partial charge in [-0.1, -0.05) is 27.7 Å². The Morgan fingerprint density at radius 1 is 1.25 bits per heavy atom. The van der Waals surface area contributed by atoms with Crippen molar-refractivity contribution in [2.45, 2.75) is 59.8 Å². The molecule has 120 valence electrons. The third kappa shape index (κ3) is 4.36. The molecule has 1 heterocycles. The van der Waals surface area contributed by atoms with E-state index >= 15 is 0 Å². The van der Waals surface area contributed by atoms with Gasteiger partial charge in [0.05, 0.1) is 5.41 Å². The number of nitrogens with zero attached hydrogens (tertiary/aromatic N) is 1. The predicted octanol–water partition coefficient (Wildman–Crippen LogP) is 3.46. The molecule has 2 N–H and O–H groups in total. The number of likely N-dealkylation sites (tertiary alicyclic amines) is 1. The Kier molecular flexibility index (Phi) is 8.76. The molecule has 1 amide bonds. The van der Waals surface area contributed by atoms with Crippen LogP contribution < -0.4 is 5.73 Å². The smallest absolute Gasteiger partial charge is 0.230 e. The van der Waals surface area contributed by atoms with E-state index in [0.29, 0.717) is 12.5 Å². The van der Waals surface area contributed by atoms with Gasteiger partial charge in [0.2, 0.25) is 5.91 Å². The summed E-state index contributed by atoms with van der Waals surface area (Å²) in [6, 6.07) is 0. The van der Waals surface area contributed by atoms with Gasteiger partial charge in [-0.3, -0.25) is 4.79 Å². The van der Waals surface area contributed by atoms with E-state index < -0.39 is 0 Å². The first-order valence-corrected chi connectivity index (χ1v) is 8.00. The molecule has 0 radical (unpaired) electrons. The van der Waals surface area contributed by atoms with Gasteiger partial charge in [0.15, 0.2) is 0 Å². The van der Waals surface area contributed by atoms with Crippen LogP contribution in [0.2, 0.25) is 0 Å². The Morgan fingerprint density at radius 2 is 1.85 bits per heavy atom. The molecule has 3 nitrogen and oxygen atoms in total. The van der Waals surface area contributed by atoms with Gasteiger partial charge >= 0.3 is 0 Å². The van der Waals surface area contributed by atoms with Gasteiger partial charge in [-0.25, -0.2) is 0 Å². The minimum absolute atomic E-state index is 0. The quantitative estimate of drug-likeness (QED) is 0.845. The van der Waals surface area contributed by atoms with Crippen molar-refractivity contribution in [3.8, 4) is 0 Å². The number of amides is 1. The molecule has 0 aliphatic carbocycles. The van der Waals surface area contributed by atoms with Gasteiger partial charge < -0.3 is 10.6 Å². The summed E-state index contributed by atoms with van der Waals surface area (Å²) < 4.78 is 0. The summed E-state index contributed by atoms with van der Waals surface area (Å²) in [5.74, 6) is 1.80. The topological polar surface area (TPSA) is 46.3 Å². The summed E-state index contributed by atoms with van der Waals surface area (Å²) >= 11 is 0. The lowest BCUT2D eigenvalue weighted by atomic mass is 9.81. The minimum Gasteiger partial charge on any atom is -0.342 e. The normalized spacial score (nSPS) is 20.5. The van der Waals surface area contributed by atoms with Crippen molar-refractivity contribution in [1.82, 2.24) is 4.90 Å². The molecule has 0 saturated carbocycles. The zero-order valence-corrected chi connectivity index (χ0v) is 14.5. The number of hydrogen-bond donors (Lipinski definition) is 1. The fourth-order valence-electron chi connectivity index (χ4n) is 3.26. The van der Waals surface area contributed by atoms with Gasteiger partial charge in [0, 0.05) is 19.6 Å². The van der Waals surface area contributed by atoms with E-state index in [1.807, 2.05) is 0 Å². The highest BCUT2D eigenvalue weighted by atomic mass is 35.5. The van der Waals surface area contributed by atoms with Crippen molar-refractivity contribution in [2.24, 2.45) is 23.0 Å². The van der Waals surface area contributed by atoms with Crippen LogP contribution in [0.15, 0.2) is 0 Å². The van der Waals surface area contributed by atoms with Crippen LogP contribution >= 0.6 is 12.4 Å². The third-order valence-corrected chi connectivity index (χ3v) is 5.20. The Hall–Kier alpha value is -0.280. The molecule has 0 aromatic heterocycles. The SMILES string of the molecule is CCC(CC)(CN)C(=O)N1CCCC(C(C)C)CC1.Cl. The van der Waals surface area contributed by atoms with E-state index in [4.69, 9.17) is 5.73 Å². The first kappa shape index (κ1) is 19.7. The number of carbonyl (C=O) groups excluding carboxylic acids is 1. The van der Waals surface area contributed by atoms with E-state index in [0.717, 1.165) is 50.6 Å². The lowest BCUT2D eigenvalue weighted by Gasteiger charge is -2.35. The molecule has 1 unspecified atom stereocenters. The van der Waals surface area contributed by atoms with Gasteiger partial charge in [-0.05, 0) is 43.9 Å². The average molecular weight is 305 g/mol.